The Morgan fingerprint density at radius 1 is 1.02 bits per heavy atom. The Morgan fingerprint density at radius 3 is 2.40 bits per heavy atom. The predicted octanol–water partition coefficient (Wildman–Crippen LogP) is 4.47. The van der Waals surface area contributed by atoms with E-state index in [2.05, 4.69) is 10.2 Å². The molecule has 3 aromatic carbocycles. The number of ketones is 1. The van der Waals surface area contributed by atoms with Crippen molar-refractivity contribution in [2.24, 2.45) is 0 Å². The maximum absolute atomic E-state index is 13.8. The second kappa shape index (κ2) is 11.9. The molecule has 0 radical (unpaired) electrons. The molecule has 208 valence electrons. The number of hydrogen-bond acceptors (Lipinski definition) is 8. The summed E-state index contributed by atoms with van der Waals surface area (Å²) >= 11 is 1.20. The van der Waals surface area contributed by atoms with Crippen LogP contribution in [0, 0.1) is 5.82 Å². The number of hydrogen-bond donors (Lipinski definition) is 0. The van der Waals surface area contributed by atoms with Crippen LogP contribution in [-0.4, -0.2) is 71.9 Å². The molecule has 0 saturated carbocycles. The summed E-state index contributed by atoms with van der Waals surface area (Å²) in [7, 11) is -2.19. The molecule has 1 atom stereocenters. The number of rotatable bonds is 9. The summed E-state index contributed by atoms with van der Waals surface area (Å²) in [5.74, 6) is 0.489. The lowest BCUT2D eigenvalue weighted by molar-refractivity contribution is 0.0730. The number of morpholine rings is 1. The lowest BCUT2D eigenvalue weighted by Crippen LogP contribution is -2.40. The van der Waals surface area contributed by atoms with E-state index in [9.17, 15) is 17.6 Å². The molecule has 0 aliphatic carbocycles. The number of carbonyl (C=O) groups excluding carboxylic acids is 1. The zero-order valence-electron chi connectivity index (χ0n) is 21.9. The van der Waals surface area contributed by atoms with Crippen molar-refractivity contribution in [3.05, 3.63) is 84.2 Å². The van der Waals surface area contributed by atoms with Gasteiger partial charge >= 0.3 is 0 Å². The molecule has 9 nitrogen and oxygen atoms in total. The Bertz CT molecular complexity index is 1600. The first-order chi connectivity index (χ1) is 19.3. The Kier molecular flexibility index (Phi) is 8.31. The third kappa shape index (κ3) is 5.80. The average molecular weight is 583 g/mol. The molecule has 2 heterocycles. The van der Waals surface area contributed by atoms with Crippen molar-refractivity contribution in [1.29, 1.82) is 0 Å². The number of Topliss-reactive ketones (excluding diaryl/α,β-unsaturated/α-hetero) is 1. The van der Waals surface area contributed by atoms with Gasteiger partial charge in [-0.05, 0) is 67.6 Å². The molecule has 1 fully saturated rings. The lowest BCUT2D eigenvalue weighted by atomic mass is 10.1. The van der Waals surface area contributed by atoms with Gasteiger partial charge in [0.2, 0.25) is 10.0 Å². The minimum Gasteiger partial charge on any atom is -0.497 e. The smallest absolute Gasteiger partial charge is 0.243 e. The van der Waals surface area contributed by atoms with Crippen molar-refractivity contribution in [2.75, 3.05) is 33.4 Å². The highest BCUT2D eigenvalue weighted by molar-refractivity contribution is 8.00. The Hall–Kier alpha value is -3.58. The molecule has 4 aromatic rings. The van der Waals surface area contributed by atoms with Gasteiger partial charge in [-0.25, -0.2) is 12.8 Å². The maximum Gasteiger partial charge on any atom is 0.243 e. The Labute approximate surface area is 236 Å². The van der Waals surface area contributed by atoms with E-state index in [1.54, 1.807) is 73.2 Å². The first kappa shape index (κ1) is 28.0. The van der Waals surface area contributed by atoms with Crippen LogP contribution in [0.3, 0.4) is 0 Å². The number of aromatic nitrogens is 3. The summed E-state index contributed by atoms with van der Waals surface area (Å²) < 4.78 is 54.0. The molecular weight excluding hydrogens is 555 g/mol. The van der Waals surface area contributed by atoms with E-state index in [-0.39, 0.29) is 23.8 Å². The van der Waals surface area contributed by atoms with E-state index in [1.165, 1.54) is 34.3 Å². The number of ether oxygens (including phenoxy) is 2. The Morgan fingerprint density at radius 2 is 1.73 bits per heavy atom. The number of thioether (sulfide) groups is 1. The van der Waals surface area contributed by atoms with Crippen LogP contribution >= 0.6 is 11.8 Å². The van der Waals surface area contributed by atoms with Gasteiger partial charge in [0.1, 0.15) is 11.6 Å². The van der Waals surface area contributed by atoms with Gasteiger partial charge in [0.25, 0.3) is 0 Å². The third-order valence-electron chi connectivity index (χ3n) is 6.44. The van der Waals surface area contributed by atoms with Gasteiger partial charge in [-0.3, -0.25) is 9.36 Å². The molecule has 0 spiro atoms. The minimum atomic E-state index is -3.75. The van der Waals surface area contributed by atoms with Crippen molar-refractivity contribution in [2.45, 2.75) is 22.2 Å². The van der Waals surface area contributed by atoms with Crippen LogP contribution in [0.4, 0.5) is 4.39 Å². The fraction of sp³-hybridized carbons (Fsp3) is 0.250. The van der Waals surface area contributed by atoms with Crippen LogP contribution in [0.15, 0.2) is 82.8 Å². The molecule has 1 saturated heterocycles. The molecule has 1 aliphatic heterocycles. The SMILES string of the molecule is COc1ccc(C(=O)[C@H](C)Sc2nnc(-c3cccc(S(=O)(=O)N4CCOCC4)c3)n2-c2ccc(F)cc2)cc1. The van der Waals surface area contributed by atoms with E-state index in [0.29, 0.717) is 46.8 Å². The van der Waals surface area contributed by atoms with Crippen molar-refractivity contribution in [3.8, 4) is 22.8 Å². The molecule has 0 bridgehead atoms. The highest BCUT2D eigenvalue weighted by Crippen LogP contribution is 2.32. The van der Waals surface area contributed by atoms with Crippen molar-refractivity contribution < 1.29 is 27.1 Å². The first-order valence-electron chi connectivity index (χ1n) is 12.5. The summed E-state index contributed by atoms with van der Waals surface area (Å²) in [6.07, 6.45) is 0. The Balaban J connectivity index is 1.51. The van der Waals surface area contributed by atoms with Crippen LogP contribution < -0.4 is 4.74 Å². The quantitative estimate of drug-likeness (QED) is 0.210. The minimum absolute atomic E-state index is 0.110. The van der Waals surface area contributed by atoms with Gasteiger partial charge in [-0.2, -0.15) is 4.31 Å². The van der Waals surface area contributed by atoms with E-state index >= 15 is 0 Å². The molecule has 12 heteroatoms. The van der Waals surface area contributed by atoms with Crippen LogP contribution in [0.25, 0.3) is 17.1 Å². The molecule has 1 aliphatic rings. The molecule has 40 heavy (non-hydrogen) atoms. The highest BCUT2D eigenvalue weighted by Gasteiger charge is 2.28. The molecule has 0 amide bonds. The van der Waals surface area contributed by atoms with Crippen LogP contribution in [0.2, 0.25) is 0 Å². The van der Waals surface area contributed by atoms with Gasteiger partial charge in [-0.15, -0.1) is 10.2 Å². The summed E-state index contributed by atoms with van der Waals surface area (Å²) in [5.41, 5.74) is 1.59. The number of halogens is 1. The number of methoxy groups -OCH3 is 1. The van der Waals surface area contributed by atoms with Crippen molar-refractivity contribution in [3.63, 3.8) is 0 Å². The molecule has 0 N–H and O–H groups in total. The highest BCUT2D eigenvalue weighted by atomic mass is 32.2. The summed E-state index contributed by atoms with van der Waals surface area (Å²) in [4.78, 5) is 13.3. The van der Waals surface area contributed by atoms with E-state index < -0.39 is 21.1 Å². The average Bonchev–Trinajstić information content (AvgIpc) is 3.41. The number of nitrogens with zero attached hydrogens (tertiary/aromatic N) is 4. The zero-order chi connectivity index (χ0) is 28.3. The maximum atomic E-state index is 13.8. The van der Waals surface area contributed by atoms with Crippen molar-refractivity contribution in [1.82, 2.24) is 19.1 Å². The summed E-state index contributed by atoms with van der Waals surface area (Å²) in [6, 6.07) is 19.1. The number of sulfonamides is 1. The second-order valence-corrected chi connectivity index (χ2v) is 12.3. The second-order valence-electron chi connectivity index (χ2n) is 9.02. The van der Waals surface area contributed by atoms with Gasteiger partial charge < -0.3 is 9.47 Å². The van der Waals surface area contributed by atoms with Gasteiger partial charge in [0.05, 0.1) is 30.5 Å². The molecule has 1 aromatic heterocycles. The van der Waals surface area contributed by atoms with E-state index in [4.69, 9.17) is 9.47 Å². The van der Waals surface area contributed by atoms with E-state index in [0.717, 1.165) is 0 Å². The number of benzene rings is 3. The normalized spacial score (nSPS) is 15.1. The van der Waals surface area contributed by atoms with Crippen LogP contribution in [0.1, 0.15) is 17.3 Å². The topological polar surface area (TPSA) is 104 Å². The van der Waals surface area contributed by atoms with E-state index in [1.807, 2.05) is 0 Å². The predicted molar refractivity (Wildman–Crippen MR) is 149 cm³/mol. The summed E-state index contributed by atoms with van der Waals surface area (Å²) in [5, 5.41) is 8.59. The summed E-state index contributed by atoms with van der Waals surface area (Å²) in [6.45, 7) is 3.01. The van der Waals surface area contributed by atoms with Gasteiger partial charge in [0, 0.05) is 29.9 Å². The van der Waals surface area contributed by atoms with Gasteiger partial charge in [-0.1, -0.05) is 23.9 Å². The largest absolute Gasteiger partial charge is 0.497 e. The fourth-order valence-corrected chi connectivity index (χ4v) is 6.69. The first-order valence-corrected chi connectivity index (χ1v) is 14.8. The lowest BCUT2D eigenvalue weighted by Gasteiger charge is -2.26. The number of carbonyl (C=O) groups is 1. The molecule has 5 rings (SSSR count). The van der Waals surface area contributed by atoms with Gasteiger partial charge in [0.15, 0.2) is 16.8 Å². The third-order valence-corrected chi connectivity index (χ3v) is 9.38. The van der Waals surface area contributed by atoms with Crippen LogP contribution in [-0.2, 0) is 14.8 Å². The fourth-order valence-electron chi connectivity index (χ4n) is 4.29. The monoisotopic (exact) mass is 582 g/mol. The molecular formula is C28H27FN4O5S2. The standard InChI is InChI=1S/C28H27FN4O5S2/c1-19(26(34)20-6-12-24(37-2)13-7-20)39-28-31-30-27(33(28)23-10-8-22(29)9-11-23)21-4-3-5-25(18-21)40(35,36)32-14-16-38-17-15-32/h3-13,18-19H,14-17H2,1-2H3/t19-/m0/s1. The van der Waals surface area contributed by atoms with Crippen molar-refractivity contribution >= 4 is 27.6 Å². The zero-order valence-corrected chi connectivity index (χ0v) is 23.5. The molecule has 0 unspecified atom stereocenters. The van der Waals surface area contributed by atoms with Crippen LogP contribution in [0.5, 0.6) is 5.75 Å².